The molecule has 0 aliphatic carbocycles. The van der Waals surface area contributed by atoms with Gasteiger partial charge in [0.2, 0.25) is 0 Å². The van der Waals surface area contributed by atoms with Gasteiger partial charge in [-0.3, -0.25) is 4.98 Å². The summed E-state index contributed by atoms with van der Waals surface area (Å²) in [6.45, 7) is 2.09. The normalized spacial score (nSPS) is 10.8. The van der Waals surface area contributed by atoms with Crippen LogP contribution in [0.1, 0.15) is 17.4 Å². The summed E-state index contributed by atoms with van der Waals surface area (Å²) in [7, 11) is 0. The molecule has 0 aliphatic rings. The van der Waals surface area contributed by atoms with Crippen molar-refractivity contribution in [1.29, 1.82) is 0 Å². The average molecular weight is 346 g/mol. The van der Waals surface area contributed by atoms with Crippen LogP contribution in [0, 0.1) is 0 Å². The summed E-state index contributed by atoms with van der Waals surface area (Å²) in [5.74, 6) is -0.426. The van der Waals surface area contributed by atoms with Crippen LogP contribution in [0.5, 0.6) is 0 Å². The van der Waals surface area contributed by atoms with Gasteiger partial charge in [-0.15, -0.1) is 0 Å². The van der Waals surface area contributed by atoms with E-state index >= 15 is 0 Å². The maximum atomic E-state index is 11.7. The molecule has 0 amide bonds. The molecule has 0 spiro atoms. The van der Waals surface area contributed by atoms with Gasteiger partial charge in [0.25, 0.3) is 0 Å². The summed E-state index contributed by atoms with van der Waals surface area (Å²) in [6.07, 6.45) is 5.13. The maximum Gasteiger partial charge on any atom is 0.358 e. The predicted molar refractivity (Wildman–Crippen MR) is 82.1 cm³/mol. The Bertz CT molecular complexity index is 814. The summed E-state index contributed by atoms with van der Waals surface area (Å²) < 4.78 is 7.71. The number of fused-ring (bicyclic) bond motifs is 1. The second kappa shape index (κ2) is 5.65. The molecule has 0 fully saturated rings. The standard InChI is InChI=1S/C15H12BrN3O2/c1-2-21-15(20)13-9-19-8-12(17-7-14(19)18-13)10-4-3-5-11(16)6-10/h3-9H,2H2,1H3. The lowest BCUT2D eigenvalue weighted by Gasteiger charge is -2.02. The van der Waals surface area contributed by atoms with Crippen LogP contribution in [-0.4, -0.2) is 26.9 Å². The van der Waals surface area contributed by atoms with Gasteiger partial charge in [0, 0.05) is 22.4 Å². The molecule has 2 aromatic heterocycles. The smallest absolute Gasteiger partial charge is 0.358 e. The van der Waals surface area contributed by atoms with E-state index in [-0.39, 0.29) is 5.69 Å². The van der Waals surface area contributed by atoms with Gasteiger partial charge in [0.1, 0.15) is 0 Å². The van der Waals surface area contributed by atoms with E-state index in [1.165, 1.54) is 0 Å². The van der Waals surface area contributed by atoms with Crippen LogP contribution in [0.3, 0.4) is 0 Å². The first kappa shape index (κ1) is 13.8. The summed E-state index contributed by atoms with van der Waals surface area (Å²) in [6, 6.07) is 7.86. The van der Waals surface area contributed by atoms with Crippen molar-refractivity contribution in [1.82, 2.24) is 14.4 Å². The van der Waals surface area contributed by atoms with Gasteiger partial charge in [-0.2, -0.15) is 0 Å². The van der Waals surface area contributed by atoms with Crippen molar-refractivity contribution >= 4 is 27.5 Å². The van der Waals surface area contributed by atoms with Crippen molar-refractivity contribution < 1.29 is 9.53 Å². The molecule has 0 unspecified atom stereocenters. The number of ether oxygens (including phenoxy) is 1. The van der Waals surface area contributed by atoms with Gasteiger partial charge in [-0.05, 0) is 19.1 Å². The number of nitrogens with zero attached hydrogens (tertiary/aromatic N) is 3. The zero-order chi connectivity index (χ0) is 14.8. The van der Waals surface area contributed by atoms with Gasteiger partial charge >= 0.3 is 5.97 Å². The Morgan fingerprint density at radius 2 is 2.24 bits per heavy atom. The minimum Gasteiger partial charge on any atom is -0.461 e. The van der Waals surface area contributed by atoms with E-state index in [0.717, 1.165) is 15.7 Å². The van der Waals surface area contributed by atoms with Crippen LogP contribution in [0.25, 0.3) is 16.9 Å². The first-order valence-corrected chi connectivity index (χ1v) is 7.24. The van der Waals surface area contributed by atoms with E-state index in [9.17, 15) is 4.79 Å². The predicted octanol–water partition coefficient (Wildman–Crippen LogP) is 3.34. The number of carbonyl (C=O) groups is 1. The number of hydrogen-bond donors (Lipinski definition) is 0. The Hall–Kier alpha value is -2.21. The molecule has 5 nitrogen and oxygen atoms in total. The molecular formula is C15H12BrN3O2. The highest BCUT2D eigenvalue weighted by molar-refractivity contribution is 9.10. The Balaban J connectivity index is 2.02. The minimum atomic E-state index is -0.426. The Labute approximate surface area is 129 Å². The van der Waals surface area contributed by atoms with Gasteiger partial charge < -0.3 is 9.14 Å². The molecule has 0 bridgehead atoms. The van der Waals surface area contributed by atoms with Crippen molar-refractivity contribution in [2.75, 3.05) is 6.61 Å². The quantitative estimate of drug-likeness (QED) is 0.683. The second-order valence-electron chi connectivity index (χ2n) is 4.39. The largest absolute Gasteiger partial charge is 0.461 e. The molecule has 0 N–H and O–H groups in total. The number of hydrogen-bond acceptors (Lipinski definition) is 4. The van der Waals surface area contributed by atoms with E-state index in [1.807, 2.05) is 30.5 Å². The van der Waals surface area contributed by atoms with Crippen LogP contribution < -0.4 is 0 Å². The number of benzene rings is 1. The van der Waals surface area contributed by atoms with E-state index in [4.69, 9.17) is 4.74 Å². The molecule has 2 heterocycles. The summed E-state index contributed by atoms with van der Waals surface area (Å²) in [5.41, 5.74) is 2.68. The SMILES string of the molecule is CCOC(=O)c1cn2cc(-c3cccc(Br)c3)ncc2n1. The van der Waals surface area contributed by atoms with E-state index < -0.39 is 5.97 Å². The Morgan fingerprint density at radius 1 is 1.38 bits per heavy atom. The lowest BCUT2D eigenvalue weighted by molar-refractivity contribution is 0.0520. The van der Waals surface area contributed by atoms with E-state index in [1.54, 1.807) is 23.7 Å². The van der Waals surface area contributed by atoms with Gasteiger partial charge in [-0.1, -0.05) is 28.1 Å². The molecule has 21 heavy (non-hydrogen) atoms. The van der Waals surface area contributed by atoms with Crippen molar-refractivity contribution in [3.05, 3.63) is 53.0 Å². The van der Waals surface area contributed by atoms with Gasteiger partial charge in [-0.25, -0.2) is 9.78 Å². The van der Waals surface area contributed by atoms with Crippen molar-refractivity contribution in [2.45, 2.75) is 6.92 Å². The number of esters is 1. The fraction of sp³-hybridized carbons (Fsp3) is 0.133. The third-order valence-corrected chi connectivity index (χ3v) is 3.44. The molecule has 1 aromatic carbocycles. The zero-order valence-electron chi connectivity index (χ0n) is 11.3. The van der Waals surface area contributed by atoms with Crippen molar-refractivity contribution in [3.8, 4) is 11.3 Å². The number of imidazole rings is 1. The molecule has 0 atom stereocenters. The average Bonchev–Trinajstić information content (AvgIpc) is 2.90. The summed E-state index contributed by atoms with van der Waals surface area (Å²) in [4.78, 5) is 20.3. The molecule has 0 saturated carbocycles. The second-order valence-corrected chi connectivity index (χ2v) is 5.31. The fourth-order valence-corrected chi connectivity index (χ4v) is 2.40. The lowest BCUT2D eigenvalue weighted by Crippen LogP contribution is -2.04. The molecule has 0 radical (unpaired) electrons. The number of carbonyl (C=O) groups excluding carboxylic acids is 1. The van der Waals surface area contributed by atoms with Crippen molar-refractivity contribution in [2.24, 2.45) is 0 Å². The first-order valence-electron chi connectivity index (χ1n) is 6.45. The first-order chi connectivity index (χ1) is 10.2. The molecule has 3 rings (SSSR count). The lowest BCUT2D eigenvalue weighted by atomic mass is 10.2. The molecule has 106 valence electrons. The van der Waals surface area contributed by atoms with E-state index in [2.05, 4.69) is 25.9 Å². The highest BCUT2D eigenvalue weighted by Crippen LogP contribution is 2.21. The van der Waals surface area contributed by atoms with Gasteiger partial charge in [0.15, 0.2) is 11.3 Å². The van der Waals surface area contributed by atoms with Gasteiger partial charge in [0.05, 0.1) is 18.5 Å². The number of rotatable bonds is 3. The van der Waals surface area contributed by atoms with Crippen LogP contribution >= 0.6 is 15.9 Å². The highest BCUT2D eigenvalue weighted by atomic mass is 79.9. The fourth-order valence-electron chi connectivity index (χ4n) is 2.00. The third kappa shape index (κ3) is 2.80. The molecule has 6 heteroatoms. The number of aromatic nitrogens is 3. The van der Waals surface area contributed by atoms with E-state index in [0.29, 0.717) is 12.3 Å². The maximum absolute atomic E-state index is 11.7. The number of halogens is 1. The topological polar surface area (TPSA) is 56.5 Å². The summed E-state index contributed by atoms with van der Waals surface area (Å²) >= 11 is 3.44. The molecule has 0 saturated heterocycles. The Morgan fingerprint density at radius 3 is 3.00 bits per heavy atom. The Kier molecular flexibility index (Phi) is 3.70. The molecule has 3 aromatic rings. The highest BCUT2D eigenvalue weighted by Gasteiger charge is 2.12. The summed E-state index contributed by atoms with van der Waals surface area (Å²) in [5, 5.41) is 0. The van der Waals surface area contributed by atoms with Crippen LogP contribution in [-0.2, 0) is 4.74 Å². The monoisotopic (exact) mass is 345 g/mol. The minimum absolute atomic E-state index is 0.282. The zero-order valence-corrected chi connectivity index (χ0v) is 12.9. The van der Waals surface area contributed by atoms with Crippen LogP contribution in [0.4, 0.5) is 0 Å². The van der Waals surface area contributed by atoms with Crippen LogP contribution in [0.2, 0.25) is 0 Å². The third-order valence-electron chi connectivity index (χ3n) is 2.95. The van der Waals surface area contributed by atoms with Crippen LogP contribution in [0.15, 0.2) is 47.3 Å². The molecular weight excluding hydrogens is 334 g/mol. The molecule has 0 aliphatic heterocycles. The van der Waals surface area contributed by atoms with Crippen molar-refractivity contribution in [3.63, 3.8) is 0 Å².